The topological polar surface area (TPSA) is 25.4 Å². The molecule has 0 radical (unpaired) electrons. The first-order valence-electron chi connectivity index (χ1n) is 6.18. The summed E-state index contributed by atoms with van der Waals surface area (Å²) in [4.78, 5) is 7.11. The Morgan fingerprint density at radius 2 is 2.00 bits per heavy atom. The van der Waals surface area contributed by atoms with Crippen molar-refractivity contribution >= 4 is 5.69 Å². The number of nitrogens with zero attached hydrogens (tertiary/aromatic N) is 2. The third-order valence-corrected chi connectivity index (χ3v) is 3.50. The van der Waals surface area contributed by atoms with Crippen molar-refractivity contribution in [2.75, 3.05) is 25.1 Å². The number of rotatable bonds is 3. The van der Waals surface area contributed by atoms with Crippen LogP contribution in [0.4, 0.5) is 5.69 Å². The van der Waals surface area contributed by atoms with Crippen LogP contribution in [0.5, 0.6) is 5.88 Å². The van der Waals surface area contributed by atoms with Crippen molar-refractivity contribution in [3.63, 3.8) is 0 Å². The summed E-state index contributed by atoms with van der Waals surface area (Å²) >= 11 is 0. The molecule has 0 bridgehead atoms. The molecular formula is C13H18N2O. The van der Waals surface area contributed by atoms with E-state index >= 15 is 0 Å². The van der Waals surface area contributed by atoms with Gasteiger partial charge < -0.3 is 9.64 Å². The van der Waals surface area contributed by atoms with Gasteiger partial charge in [0.05, 0.1) is 18.5 Å². The number of pyridine rings is 1. The molecule has 1 aliphatic carbocycles. The van der Waals surface area contributed by atoms with Gasteiger partial charge in [0.15, 0.2) is 0 Å². The number of methoxy groups -OCH3 is 1. The van der Waals surface area contributed by atoms with Gasteiger partial charge in [0.25, 0.3) is 0 Å². The Hall–Kier alpha value is -1.25. The van der Waals surface area contributed by atoms with E-state index < -0.39 is 0 Å². The number of anilines is 1. The molecule has 0 amide bonds. The molecule has 1 saturated carbocycles. The van der Waals surface area contributed by atoms with Crippen LogP contribution >= 0.6 is 0 Å². The maximum Gasteiger partial charge on any atom is 0.213 e. The third kappa shape index (κ3) is 1.75. The van der Waals surface area contributed by atoms with Crippen LogP contribution in [0.15, 0.2) is 12.1 Å². The Morgan fingerprint density at radius 3 is 2.62 bits per heavy atom. The first kappa shape index (κ1) is 9.94. The van der Waals surface area contributed by atoms with Crippen LogP contribution in [0.2, 0.25) is 0 Å². The average Bonchev–Trinajstić information content (AvgIpc) is 3.04. The van der Waals surface area contributed by atoms with Gasteiger partial charge in [-0.1, -0.05) is 0 Å². The van der Waals surface area contributed by atoms with Crippen LogP contribution < -0.4 is 9.64 Å². The SMILES string of the molecule is COc1ccc(N2CCCC2)c(C2CC2)n1. The van der Waals surface area contributed by atoms with Crippen LogP contribution in [0, 0.1) is 0 Å². The molecule has 1 saturated heterocycles. The molecule has 2 aliphatic rings. The highest BCUT2D eigenvalue weighted by molar-refractivity contribution is 5.55. The molecule has 1 aromatic heterocycles. The van der Waals surface area contributed by atoms with E-state index in [1.807, 2.05) is 6.07 Å². The first-order chi connectivity index (χ1) is 7.88. The Morgan fingerprint density at radius 1 is 1.25 bits per heavy atom. The summed E-state index contributed by atoms with van der Waals surface area (Å²) in [6.45, 7) is 2.38. The molecule has 0 aromatic carbocycles. The number of aromatic nitrogens is 1. The molecule has 0 unspecified atom stereocenters. The Kier molecular flexibility index (Phi) is 2.46. The minimum Gasteiger partial charge on any atom is -0.481 e. The third-order valence-electron chi connectivity index (χ3n) is 3.50. The number of hydrogen-bond donors (Lipinski definition) is 0. The lowest BCUT2D eigenvalue weighted by Gasteiger charge is -2.21. The lowest BCUT2D eigenvalue weighted by molar-refractivity contribution is 0.396. The zero-order valence-electron chi connectivity index (χ0n) is 9.78. The molecule has 3 nitrogen and oxygen atoms in total. The molecule has 2 fully saturated rings. The summed E-state index contributed by atoms with van der Waals surface area (Å²) in [7, 11) is 1.69. The van der Waals surface area contributed by atoms with Crippen LogP contribution in [0.1, 0.15) is 37.3 Å². The second-order valence-electron chi connectivity index (χ2n) is 4.73. The zero-order chi connectivity index (χ0) is 11.0. The quantitative estimate of drug-likeness (QED) is 0.779. The molecular weight excluding hydrogens is 200 g/mol. The Labute approximate surface area is 96.4 Å². The van der Waals surface area contributed by atoms with E-state index in [2.05, 4.69) is 16.0 Å². The fourth-order valence-corrected chi connectivity index (χ4v) is 2.45. The highest BCUT2D eigenvalue weighted by atomic mass is 16.5. The van der Waals surface area contributed by atoms with Crippen LogP contribution in [0.3, 0.4) is 0 Å². The molecule has 0 atom stereocenters. The normalized spacial score (nSPS) is 20.2. The van der Waals surface area contributed by atoms with E-state index in [0.29, 0.717) is 5.92 Å². The van der Waals surface area contributed by atoms with Crippen molar-refractivity contribution in [2.24, 2.45) is 0 Å². The number of ether oxygens (including phenoxy) is 1. The van der Waals surface area contributed by atoms with E-state index in [1.165, 1.54) is 50.2 Å². The summed E-state index contributed by atoms with van der Waals surface area (Å²) in [5, 5.41) is 0. The maximum absolute atomic E-state index is 5.22. The maximum atomic E-state index is 5.22. The van der Waals surface area contributed by atoms with Crippen molar-refractivity contribution in [2.45, 2.75) is 31.6 Å². The lowest BCUT2D eigenvalue weighted by Crippen LogP contribution is -2.19. The van der Waals surface area contributed by atoms with Gasteiger partial charge in [0.2, 0.25) is 5.88 Å². The van der Waals surface area contributed by atoms with E-state index in [1.54, 1.807) is 7.11 Å². The van der Waals surface area contributed by atoms with Crippen LogP contribution in [0.25, 0.3) is 0 Å². The predicted molar refractivity (Wildman–Crippen MR) is 64.2 cm³/mol. The average molecular weight is 218 g/mol. The smallest absolute Gasteiger partial charge is 0.213 e. The monoisotopic (exact) mass is 218 g/mol. The predicted octanol–water partition coefficient (Wildman–Crippen LogP) is 2.57. The van der Waals surface area contributed by atoms with Crippen molar-refractivity contribution < 1.29 is 4.74 Å². The summed E-state index contributed by atoms with van der Waals surface area (Å²) in [5.74, 6) is 1.44. The van der Waals surface area contributed by atoms with Crippen LogP contribution in [-0.2, 0) is 0 Å². The van der Waals surface area contributed by atoms with Gasteiger partial charge in [-0.15, -0.1) is 0 Å². The lowest BCUT2D eigenvalue weighted by atomic mass is 10.2. The van der Waals surface area contributed by atoms with Crippen molar-refractivity contribution in [1.29, 1.82) is 0 Å². The molecule has 3 rings (SSSR count). The summed E-state index contributed by atoms with van der Waals surface area (Å²) < 4.78 is 5.22. The molecule has 86 valence electrons. The van der Waals surface area contributed by atoms with E-state index in [-0.39, 0.29) is 0 Å². The summed E-state index contributed by atoms with van der Waals surface area (Å²) in [6, 6.07) is 4.17. The van der Waals surface area contributed by atoms with E-state index in [4.69, 9.17) is 4.74 Å². The molecule has 1 aliphatic heterocycles. The molecule has 0 N–H and O–H groups in total. The second-order valence-corrected chi connectivity index (χ2v) is 4.73. The van der Waals surface area contributed by atoms with Gasteiger partial charge in [-0.3, -0.25) is 0 Å². The van der Waals surface area contributed by atoms with Gasteiger partial charge in [-0.2, -0.15) is 0 Å². The van der Waals surface area contributed by atoms with E-state index in [0.717, 1.165) is 5.88 Å². The van der Waals surface area contributed by atoms with Crippen molar-refractivity contribution in [3.8, 4) is 5.88 Å². The minimum atomic E-state index is 0.686. The van der Waals surface area contributed by atoms with Crippen molar-refractivity contribution in [1.82, 2.24) is 4.98 Å². The van der Waals surface area contributed by atoms with E-state index in [9.17, 15) is 0 Å². The summed E-state index contributed by atoms with van der Waals surface area (Å²) in [6.07, 6.45) is 5.22. The van der Waals surface area contributed by atoms with Gasteiger partial charge >= 0.3 is 0 Å². The van der Waals surface area contributed by atoms with Gasteiger partial charge in [0.1, 0.15) is 0 Å². The van der Waals surface area contributed by atoms with Crippen molar-refractivity contribution in [3.05, 3.63) is 17.8 Å². The first-order valence-corrected chi connectivity index (χ1v) is 6.18. The second kappa shape index (κ2) is 3.96. The highest BCUT2D eigenvalue weighted by Gasteiger charge is 2.30. The fourth-order valence-electron chi connectivity index (χ4n) is 2.45. The van der Waals surface area contributed by atoms with Gasteiger partial charge in [-0.25, -0.2) is 4.98 Å². The minimum absolute atomic E-state index is 0.686. The molecule has 16 heavy (non-hydrogen) atoms. The zero-order valence-corrected chi connectivity index (χ0v) is 9.78. The Balaban J connectivity index is 1.95. The van der Waals surface area contributed by atoms with Gasteiger partial charge in [-0.05, 0) is 31.7 Å². The highest BCUT2D eigenvalue weighted by Crippen LogP contribution is 2.44. The number of hydrogen-bond acceptors (Lipinski definition) is 3. The standard InChI is InChI=1S/C13H18N2O/c1-16-12-7-6-11(15-8-2-3-9-15)13(14-12)10-4-5-10/h6-7,10H,2-5,8-9H2,1H3. The van der Waals surface area contributed by atoms with Crippen LogP contribution in [-0.4, -0.2) is 25.2 Å². The Bertz CT molecular complexity index is 382. The van der Waals surface area contributed by atoms with Gasteiger partial charge in [0, 0.05) is 25.1 Å². The molecule has 1 aromatic rings. The molecule has 2 heterocycles. The largest absolute Gasteiger partial charge is 0.481 e. The fraction of sp³-hybridized carbons (Fsp3) is 0.615. The molecule has 3 heteroatoms. The molecule has 0 spiro atoms. The summed E-state index contributed by atoms with van der Waals surface area (Å²) in [5.41, 5.74) is 2.61.